The Hall–Kier alpha value is -1.32. The lowest BCUT2D eigenvalue weighted by Gasteiger charge is -2.12. The molecule has 0 bridgehead atoms. The smallest absolute Gasteiger partial charge is 0.127 e. The standard InChI is InChI=1S/C19H20BrClO2/c20-19-7-2-1-6-18(19)16(14-22)5-3-4-15-8-10-17(11-9-15)23-13-12-21/h1-2,6-11,14,16H,3-5,12-13H2/t16-/m1/s1. The summed E-state index contributed by atoms with van der Waals surface area (Å²) in [7, 11) is 0. The van der Waals surface area contributed by atoms with E-state index >= 15 is 0 Å². The van der Waals surface area contributed by atoms with Crippen molar-refractivity contribution in [2.24, 2.45) is 0 Å². The van der Waals surface area contributed by atoms with Crippen molar-refractivity contribution in [3.8, 4) is 5.75 Å². The zero-order valence-corrected chi connectivity index (χ0v) is 15.2. The predicted molar refractivity (Wildman–Crippen MR) is 98.5 cm³/mol. The molecule has 0 N–H and O–H groups in total. The molecular weight excluding hydrogens is 376 g/mol. The summed E-state index contributed by atoms with van der Waals surface area (Å²) in [5.74, 6) is 1.27. The Morgan fingerprint density at radius 3 is 2.52 bits per heavy atom. The highest BCUT2D eigenvalue weighted by Gasteiger charge is 2.13. The van der Waals surface area contributed by atoms with E-state index in [1.54, 1.807) is 0 Å². The van der Waals surface area contributed by atoms with Crippen LogP contribution < -0.4 is 4.74 Å². The average molecular weight is 396 g/mol. The fraction of sp³-hybridized carbons (Fsp3) is 0.316. The molecule has 0 amide bonds. The number of aryl methyl sites for hydroxylation is 1. The molecule has 0 saturated carbocycles. The molecule has 0 radical (unpaired) electrons. The molecule has 0 saturated heterocycles. The van der Waals surface area contributed by atoms with Gasteiger partial charge in [-0.1, -0.05) is 46.3 Å². The molecule has 0 aromatic heterocycles. The van der Waals surface area contributed by atoms with Crippen molar-refractivity contribution in [3.63, 3.8) is 0 Å². The molecule has 2 aromatic rings. The van der Waals surface area contributed by atoms with E-state index in [0.717, 1.165) is 41.3 Å². The summed E-state index contributed by atoms with van der Waals surface area (Å²) in [6.45, 7) is 0.522. The SMILES string of the molecule is O=C[C@@H](CCCc1ccc(OCCCl)cc1)c1ccccc1Br. The predicted octanol–water partition coefficient (Wildman–Crippen LogP) is 5.37. The number of carbonyl (C=O) groups excluding carboxylic acids is 1. The second-order valence-electron chi connectivity index (χ2n) is 5.34. The van der Waals surface area contributed by atoms with Crippen molar-refractivity contribution in [3.05, 3.63) is 64.1 Å². The minimum absolute atomic E-state index is 0.0584. The fourth-order valence-electron chi connectivity index (χ4n) is 2.51. The minimum atomic E-state index is -0.0584. The Morgan fingerprint density at radius 2 is 1.87 bits per heavy atom. The molecule has 4 heteroatoms. The van der Waals surface area contributed by atoms with Gasteiger partial charge < -0.3 is 9.53 Å². The maximum atomic E-state index is 11.4. The molecule has 0 aliphatic rings. The van der Waals surface area contributed by atoms with E-state index in [1.165, 1.54) is 5.56 Å². The normalized spacial score (nSPS) is 11.9. The molecule has 2 aromatic carbocycles. The first-order valence-electron chi connectivity index (χ1n) is 7.72. The Labute approximate surface area is 150 Å². The molecule has 122 valence electrons. The minimum Gasteiger partial charge on any atom is -0.492 e. The van der Waals surface area contributed by atoms with E-state index in [2.05, 4.69) is 28.1 Å². The van der Waals surface area contributed by atoms with Gasteiger partial charge in [0.2, 0.25) is 0 Å². The van der Waals surface area contributed by atoms with E-state index in [9.17, 15) is 4.79 Å². The number of rotatable bonds is 9. The van der Waals surface area contributed by atoms with Crippen LogP contribution in [0, 0.1) is 0 Å². The van der Waals surface area contributed by atoms with Crippen LogP contribution in [0.4, 0.5) is 0 Å². The van der Waals surface area contributed by atoms with Gasteiger partial charge in [0.15, 0.2) is 0 Å². The lowest BCUT2D eigenvalue weighted by atomic mass is 9.94. The summed E-state index contributed by atoms with van der Waals surface area (Å²) in [6, 6.07) is 16.0. The highest BCUT2D eigenvalue weighted by atomic mass is 79.9. The summed E-state index contributed by atoms with van der Waals surface area (Å²) >= 11 is 9.12. The summed E-state index contributed by atoms with van der Waals surface area (Å²) in [4.78, 5) is 11.4. The quantitative estimate of drug-likeness (QED) is 0.421. The summed E-state index contributed by atoms with van der Waals surface area (Å²) < 4.78 is 6.46. The zero-order valence-electron chi connectivity index (χ0n) is 12.9. The average Bonchev–Trinajstić information content (AvgIpc) is 2.59. The lowest BCUT2D eigenvalue weighted by molar-refractivity contribution is -0.109. The third-order valence-corrected chi connectivity index (χ3v) is 4.60. The Balaban J connectivity index is 1.86. The van der Waals surface area contributed by atoms with Gasteiger partial charge in [-0.25, -0.2) is 0 Å². The molecule has 0 aliphatic heterocycles. The summed E-state index contributed by atoms with van der Waals surface area (Å²) in [5.41, 5.74) is 2.31. The largest absolute Gasteiger partial charge is 0.492 e. The molecule has 0 fully saturated rings. The number of halogens is 2. The van der Waals surface area contributed by atoms with E-state index in [0.29, 0.717) is 12.5 Å². The lowest BCUT2D eigenvalue weighted by Crippen LogP contribution is -2.02. The van der Waals surface area contributed by atoms with Crippen LogP contribution in [0.1, 0.15) is 29.9 Å². The van der Waals surface area contributed by atoms with Gasteiger partial charge in [0.25, 0.3) is 0 Å². The second kappa shape index (κ2) is 9.74. The van der Waals surface area contributed by atoms with Gasteiger partial charge in [-0.3, -0.25) is 0 Å². The van der Waals surface area contributed by atoms with Crippen molar-refractivity contribution < 1.29 is 9.53 Å². The van der Waals surface area contributed by atoms with Gasteiger partial charge in [-0.15, -0.1) is 11.6 Å². The zero-order chi connectivity index (χ0) is 16.5. The van der Waals surface area contributed by atoms with Gasteiger partial charge in [-0.2, -0.15) is 0 Å². The number of hydrogen-bond acceptors (Lipinski definition) is 2. The maximum Gasteiger partial charge on any atom is 0.127 e. The van der Waals surface area contributed by atoms with E-state index in [1.807, 2.05) is 36.4 Å². The Kier molecular flexibility index (Phi) is 7.63. The van der Waals surface area contributed by atoms with Crippen LogP contribution in [-0.2, 0) is 11.2 Å². The molecule has 23 heavy (non-hydrogen) atoms. The summed E-state index contributed by atoms with van der Waals surface area (Å²) in [6.07, 6.45) is 3.80. The molecule has 1 atom stereocenters. The van der Waals surface area contributed by atoms with Crippen LogP contribution in [-0.4, -0.2) is 18.8 Å². The first-order valence-corrected chi connectivity index (χ1v) is 9.04. The second-order valence-corrected chi connectivity index (χ2v) is 6.57. The van der Waals surface area contributed by atoms with E-state index < -0.39 is 0 Å². The van der Waals surface area contributed by atoms with Crippen molar-refractivity contribution in [2.45, 2.75) is 25.2 Å². The number of hydrogen-bond donors (Lipinski definition) is 0. The molecule has 0 heterocycles. The van der Waals surface area contributed by atoms with Crippen LogP contribution in [0.5, 0.6) is 5.75 Å². The number of carbonyl (C=O) groups is 1. The monoisotopic (exact) mass is 394 g/mol. The van der Waals surface area contributed by atoms with E-state index in [-0.39, 0.29) is 5.92 Å². The van der Waals surface area contributed by atoms with Gasteiger partial charge in [0, 0.05) is 10.4 Å². The van der Waals surface area contributed by atoms with Crippen molar-refractivity contribution >= 4 is 33.8 Å². The fourth-order valence-corrected chi connectivity index (χ4v) is 3.16. The van der Waals surface area contributed by atoms with Crippen molar-refractivity contribution in [1.82, 2.24) is 0 Å². The summed E-state index contributed by atoms with van der Waals surface area (Å²) in [5, 5.41) is 0. The first-order chi connectivity index (χ1) is 11.2. The van der Waals surface area contributed by atoms with E-state index in [4.69, 9.17) is 16.3 Å². The number of benzene rings is 2. The van der Waals surface area contributed by atoms with Crippen LogP contribution in [0.2, 0.25) is 0 Å². The van der Waals surface area contributed by atoms with Gasteiger partial charge in [0.1, 0.15) is 18.6 Å². The van der Waals surface area contributed by atoms with Crippen LogP contribution >= 0.6 is 27.5 Å². The topological polar surface area (TPSA) is 26.3 Å². The molecular formula is C19H20BrClO2. The highest BCUT2D eigenvalue weighted by Crippen LogP contribution is 2.27. The molecule has 0 spiro atoms. The molecule has 2 rings (SSSR count). The number of alkyl halides is 1. The van der Waals surface area contributed by atoms with Gasteiger partial charge >= 0.3 is 0 Å². The molecule has 0 aliphatic carbocycles. The van der Waals surface area contributed by atoms with Crippen LogP contribution in [0.25, 0.3) is 0 Å². The van der Waals surface area contributed by atoms with Crippen LogP contribution in [0.15, 0.2) is 53.0 Å². The number of ether oxygens (including phenoxy) is 1. The highest BCUT2D eigenvalue weighted by molar-refractivity contribution is 9.10. The molecule has 2 nitrogen and oxygen atoms in total. The molecule has 0 unspecified atom stereocenters. The van der Waals surface area contributed by atoms with Crippen molar-refractivity contribution in [1.29, 1.82) is 0 Å². The third-order valence-electron chi connectivity index (χ3n) is 3.72. The Morgan fingerprint density at radius 1 is 1.13 bits per heavy atom. The maximum absolute atomic E-state index is 11.4. The third kappa shape index (κ3) is 5.67. The van der Waals surface area contributed by atoms with Crippen LogP contribution in [0.3, 0.4) is 0 Å². The van der Waals surface area contributed by atoms with Gasteiger partial charge in [0.05, 0.1) is 5.88 Å². The first kappa shape index (κ1) is 18.0. The van der Waals surface area contributed by atoms with Crippen molar-refractivity contribution in [2.75, 3.05) is 12.5 Å². The number of aldehydes is 1. The Bertz CT molecular complexity index is 613. The van der Waals surface area contributed by atoms with Gasteiger partial charge in [-0.05, 0) is 48.6 Å².